The highest BCUT2D eigenvalue weighted by atomic mass is 16.6. The minimum absolute atomic E-state index is 0.0458. The first-order chi connectivity index (χ1) is 6.53. The Kier molecular flexibility index (Phi) is 3.34. The maximum atomic E-state index is 11.3. The quantitative estimate of drug-likeness (QED) is 0.734. The highest BCUT2D eigenvalue weighted by Gasteiger charge is 2.24. The van der Waals surface area contributed by atoms with Crippen molar-refractivity contribution in [3.05, 3.63) is 0 Å². The SMILES string of the molecule is CC(C)(C#N)NC(=O)OC1CCCC1. The van der Waals surface area contributed by atoms with Crippen molar-refractivity contribution in [2.75, 3.05) is 0 Å². The van der Waals surface area contributed by atoms with Gasteiger partial charge in [0.05, 0.1) is 6.07 Å². The van der Waals surface area contributed by atoms with E-state index < -0.39 is 11.6 Å². The molecule has 1 fully saturated rings. The third-order valence-electron chi connectivity index (χ3n) is 2.27. The molecule has 4 nitrogen and oxygen atoms in total. The van der Waals surface area contributed by atoms with Crippen LogP contribution in [-0.2, 0) is 4.74 Å². The first-order valence-electron chi connectivity index (χ1n) is 4.93. The van der Waals surface area contributed by atoms with Gasteiger partial charge in [0.25, 0.3) is 0 Å². The molecule has 1 amide bonds. The van der Waals surface area contributed by atoms with Gasteiger partial charge < -0.3 is 10.1 Å². The van der Waals surface area contributed by atoms with E-state index in [2.05, 4.69) is 5.32 Å². The number of hydrogen-bond donors (Lipinski definition) is 1. The summed E-state index contributed by atoms with van der Waals surface area (Å²) in [6.07, 6.45) is 3.70. The van der Waals surface area contributed by atoms with Gasteiger partial charge in [-0.1, -0.05) is 0 Å². The number of ether oxygens (including phenoxy) is 1. The zero-order valence-electron chi connectivity index (χ0n) is 8.67. The van der Waals surface area contributed by atoms with Gasteiger partial charge in [0.1, 0.15) is 11.6 Å². The van der Waals surface area contributed by atoms with Gasteiger partial charge in [0, 0.05) is 0 Å². The molecule has 0 bridgehead atoms. The number of alkyl carbamates (subject to hydrolysis) is 1. The number of carbonyl (C=O) groups excluding carboxylic acids is 1. The van der Waals surface area contributed by atoms with Gasteiger partial charge in [-0.15, -0.1) is 0 Å². The zero-order chi connectivity index (χ0) is 10.6. The Morgan fingerprint density at radius 2 is 2.07 bits per heavy atom. The predicted molar refractivity (Wildman–Crippen MR) is 51.6 cm³/mol. The lowest BCUT2D eigenvalue weighted by molar-refractivity contribution is 0.0963. The third-order valence-corrected chi connectivity index (χ3v) is 2.27. The van der Waals surface area contributed by atoms with Crippen molar-refractivity contribution in [1.29, 1.82) is 5.26 Å². The molecule has 1 aliphatic carbocycles. The van der Waals surface area contributed by atoms with Crippen molar-refractivity contribution in [2.45, 2.75) is 51.2 Å². The van der Waals surface area contributed by atoms with E-state index in [0.717, 1.165) is 25.7 Å². The predicted octanol–water partition coefficient (Wildman–Crippen LogP) is 1.96. The fourth-order valence-corrected chi connectivity index (χ4v) is 1.47. The van der Waals surface area contributed by atoms with E-state index in [4.69, 9.17) is 10.00 Å². The fourth-order valence-electron chi connectivity index (χ4n) is 1.47. The highest BCUT2D eigenvalue weighted by molar-refractivity contribution is 5.69. The van der Waals surface area contributed by atoms with Crippen molar-refractivity contribution in [1.82, 2.24) is 5.32 Å². The van der Waals surface area contributed by atoms with Crippen molar-refractivity contribution >= 4 is 6.09 Å². The molecule has 0 radical (unpaired) electrons. The molecule has 4 heteroatoms. The molecule has 0 heterocycles. The van der Waals surface area contributed by atoms with Gasteiger partial charge in [-0.25, -0.2) is 4.79 Å². The summed E-state index contributed by atoms with van der Waals surface area (Å²) in [6, 6.07) is 1.99. The molecular weight excluding hydrogens is 180 g/mol. The fraction of sp³-hybridized carbons (Fsp3) is 0.800. The third kappa shape index (κ3) is 3.25. The van der Waals surface area contributed by atoms with Crippen molar-refractivity contribution < 1.29 is 9.53 Å². The largest absolute Gasteiger partial charge is 0.446 e. The summed E-state index contributed by atoms with van der Waals surface area (Å²) >= 11 is 0. The molecule has 0 unspecified atom stereocenters. The van der Waals surface area contributed by atoms with Crippen LogP contribution >= 0.6 is 0 Å². The summed E-state index contributed by atoms with van der Waals surface area (Å²) in [6.45, 7) is 3.28. The number of nitriles is 1. The Balaban J connectivity index is 2.32. The Morgan fingerprint density at radius 1 is 1.50 bits per heavy atom. The molecule has 0 aromatic carbocycles. The zero-order valence-corrected chi connectivity index (χ0v) is 8.67. The first kappa shape index (κ1) is 10.8. The summed E-state index contributed by atoms with van der Waals surface area (Å²) < 4.78 is 5.15. The average molecular weight is 196 g/mol. The van der Waals surface area contributed by atoms with E-state index in [0.29, 0.717) is 0 Å². The van der Waals surface area contributed by atoms with Crippen LogP contribution in [0, 0.1) is 11.3 Å². The maximum absolute atomic E-state index is 11.3. The van der Waals surface area contributed by atoms with E-state index in [1.165, 1.54) is 0 Å². The second-order valence-electron chi connectivity index (χ2n) is 4.17. The molecule has 14 heavy (non-hydrogen) atoms. The Hall–Kier alpha value is -1.24. The second-order valence-corrected chi connectivity index (χ2v) is 4.17. The summed E-state index contributed by atoms with van der Waals surface area (Å²) in [5.41, 5.74) is -0.852. The van der Waals surface area contributed by atoms with Crippen LogP contribution in [0.15, 0.2) is 0 Å². The van der Waals surface area contributed by atoms with Gasteiger partial charge in [-0.3, -0.25) is 0 Å². The lowest BCUT2D eigenvalue weighted by Gasteiger charge is -2.19. The number of nitrogens with zero attached hydrogens (tertiary/aromatic N) is 1. The number of hydrogen-bond acceptors (Lipinski definition) is 3. The van der Waals surface area contributed by atoms with E-state index in [-0.39, 0.29) is 6.10 Å². The van der Waals surface area contributed by atoms with Gasteiger partial charge in [0.2, 0.25) is 0 Å². The highest BCUT2D eigenvalue weighted by Crippen LogP contribution is 2.21. The Bertz CT molecular complexity index is 249. The normalized spacial score (nSPS) is 17.5. The smallest absolute Gasteiger partial charge is 0.408 e. The number of carbonyl (C=O) groups is 1. The molecule has 0 atom stereocenters. The molecule has 0 aromatic rings. The topological polar surface area (TPSA) is 62.1 Å². The monoisotopic (exact) mass is 196 g/mol. The summed E-state index contributed by atoms with van der Waals surface area (Å²) in [5.74, 6) is 0. The number of amides is 1. The molecule has 1 saturated carbocycles. The van der Waals surface area contributed by atoms with Gasteiger partial charge in [-0.05, 0) is 39.5 Å². The number of rotatable bonds is 2. The van der Waals surface area contributed by atoms with Crippen LogP contribution in [0.2, 0.25) is 0 Å². The van der Waals surface area contributed by atoms with Crippen LogP contribution in [0.4, 0.5) is 4.79 Å². The van der Waals surface area contributed by atoms with Crippen molar-refractivity contribution in [3.8, 4) is 6.07 Å². The second kappa shape index (κ2) is 4.32. The molecular formula is C10H16N2O2. The Labute approximate surface area is 84.2 Å². The molecule has 1 rings (SSSR count). The minimum atomic E-state index is -0.852. The molecule has 1 aliphatic rings. The maximum Gasteiger partial charge on any atom is 0.408 e. The van der Waals surface area contributed by atoms with Crippen LogP contribution in [0.1, 0.15) is 39.5 Å². The summed E-state index contributed by atoms with van der Waals surface area (Å²) in [7, 11) is 0. The van der Waals surface area contributed by atoms with Gasteiger partial charge in [-0.2, -0.15) is 5.26 Å². The molecule has 0 aliphatic heterocycles. The number of nitrogens with one attached hydrogen (secondary N) is 1. The lowest BCUT2D eigenvalue weighted by Crippen LogP contribution is -2.43. The van der Waals surface area contributed by atoms with E-state index in [1.807, 2.05) is 6.07 Å². The molecule has 0 saturated heterocycles. The molecule has 1 N–H and O–H groups in total. The standard InChI is InChI=1S/C10H16N2O2/c1-10(2,7-11)12-9(13)14-8-5-3-4-6-8/h8H,3-6H2,1-2H3,(H,12,13). The van der Waals surface area contributed by atoms with Gasteiger partial charge >= 0.3 is 6.09 Å². The molecule has 0 spiro atoms. The molecule has 0 aromatic heterocycles. The van der Waals surface area contributed by atoms with E-state index in [9.17, 15) is 4.79 Å². The average Bonchev–Trinajstić information content (AvgIpc) is 2.55. The lowest BCUT2D eigenvalue weighted by atomic mass is 10.1. The van der Waals surface area contributed by atoms with E-state index >= 15 is 0 Å². The van der Waals surface area contributed by atoms with Crippen LogP contribution in [0.25, 0.3) is 0 Å². The Morgan fingerprint density at radius 3 is 2.57 bits per heavy atom. The van der Waals surface area contributed by atoms with Crippen molar-refractivity contribution in [2.24, 2.45) is 0 Å². The van der Waals surface area contributed by atoms with Crippen LogP contribution in [0.3, 0.4) is 0 Å². The molecule has 78 valence electrons. The van der Waals surface area contributed by atoms with Crippen molar-refractivity contribution in [3.63, 3.8) is 0 Å². The van der Waals surface area contributed by atoms with Gasteiger partial charge in [0.15, 0.2) is 0 Å². The summed E-state index contributed by atoms with van der Waals surface area (Å²) in [4.78, 5) is 11.3. The van der Waals surface area contributed by atoms with Crippen LogP contribution in [-0.4, -0.2) is 17.7 Å². The van der Waals surface area contributed by atoms with Crippen LogP contribution < -0.4 is 5.32 Å². The van der Waals surface area contributed by atoms with Crippen LogP contribution in [0.5, 0.6) is 0 Å². The minimum Gasteiger partial charge on any atom is -0.446 e. The summed E-state index contributed by atoms with van der Waals surface area (Å²) in [5, 5.41) is 11.2. The van der Waals surface area contributed by atoms with E-state index in [1.54, 1.807) is 13.8 Å². The first-order valence-corrected chi connectivity index (χ1v) is 4.93.